The molecule has 4 rings (SSSR count). The van der Waals surface area contributed by atoms with E-state index in [1.165, 1.54) is 22.3 Å². The van der Waals surface area contributed by atoms with Gasteiger partial charge in [-0.15, -0.1) is 0 Å². The molecular formula is C28H30N2O. The first-order valence-corrected chi connectivity index (χ1v) is 11.0. The fourth-order valence-electron chi connectivity index (χ4n) is 4.05. The highest BCUT2D eigenvalue weighted by Gasteiger charge is 2.19. The number of hydrogen-bond donors (Lipinski definition) is 0. The second kappa shape index (κ2) is 9.76. The van der Waals surface area contributed by atoms with E-state index in [1.54, 1.807) is 0 Å². The summed E-state index contributed by atoms with van der Waals surface area (Å²) < 4.78 is 5.79. The van der Waals surface area contributed by atoms with Gasteiger partial charge in [0.15, 0.2) is 5.76 Å². The maximum absolute atomic E-state index is 5.79. The zero-order valence-corrected chi connectivity index (χ0v) is 18.6. The lowest BCUT2D eigenvalue weighted by atomic mass is 9.99. The molecule has 3 nitrogen and oxygen atoms in total. The largest absolute Gasteiger partial charge is 0.356 e. The summed E-state index contributed by atoms with van der Waals surface area (Å²) in [5, 5.41) is 4.30. The van der Waals surface area contributed by atoms with Gasteiger partial charge < -0.3 is 4.52 Å². The Balaban J connectivity index is 1.53. The van der Waals surface area contributed by atoms with Gasteiger partial charge in [0.1, 0.15) is 0 Å². The average molecular weight is 411 g/mol. The Morgan fingerprint density at radius 1 is 0.806 bits per heavy atom. The summed E-state index contributed by atoms with van der Waals surface area (Å²) in [6.07, 6.45) is 0. The normalized spacial score (nSPS) is 12.3. The van der Waals surface area contributed by atoms with Gasteiger partial charge in [0.25, 0.3) is 0 Å². The van der Waals surface area contributed by atoms with E-state index in [-0.39, 0.29) is 0 Å². The van der Waals surface area contributed by atoms with Crippen LogP contribution in [-0.2, 0) is 6.54 Å². The van der Waals surface area contributed by atoms with E-state index in [4.69, 9.17) is 4.52 Å². The van der Waals surface area contributed by atoms with Crippen LogP contribution < -0.4 is 0 Å². The third kappa shape index (κ3) is 4.95. The van der Waals surface area contributed by atoms with Gasteiger partial charge in [-0.3, -0.25) is 4.90 Å². The lowest BCUT2D eigenvalue weighted by Crippen LogP contribution is -2.27. The van der Waals surface area contributed by atoms with Crippen molar-refractivity contribution in [1.29, 1.82) is 0 Å². The molecule has 158 valence electrons. The van der Waals surface area contributed by atoms with E-state index in [9.17, 15) is 0 Å². The molecule has 0 amide bonds. The summed E-state index contributed by atoms with van der Waals surface area (Å²) in [6, 6.07) is 29.7. The van der Waals surface area contributed by atoms with Gasteiger partial charge in [-0.2, -0.15) is 0 Å². The Morgan fingerprint density at radius 3 is 2.03 bits per heavy atom. The highest BCUT2D eigenvalue weighted by molar-refractivity contribution is 5.69. The van der Waals surface area contributed by atoms with Crippen molar-refractivity contribution < 1.29 is 4.52 Å². The van der Waals surface area contributed by atoms with Crippen LogP contribution in [0.3, 0.4) is 0 Å². The predicted octanol–water partition coefficient (Wildman–Crippen LogP) is 6.94. The van der Waals surface area contributed by atoms with Gasteiger partial charge in [-0.1, -0.05) is 104 Å². The van der Waals surface area contributed by atoms with E-state index in [2.05, 4.69) is 103 Å². The molecule has 0 fully saturated rings. The molecule has 0 aliphatic carbocycles. The van der Waals surface area contributed by atoms with Crippen molar-refractivity contribution in [1.82, 2.24) is 10.1 Å². The molecule has 1 heterocycles. The molecule has 0 saturated carbocycles. The topological polar surface area (TPSA) is 29.3 Å². The summed E-state index contributed by atoms with van der Waals surface area (Å²) in [5.74, 6) is 1.35. The summed E-state index contributed by atoms with van der Waals surface area (Å²) in [6.45, 7) is 9.36. The average Bonchev–Trinajstić information content (AvgIpc) is 3.19. The molecule has 4 aromatic rings. The third-order valence-electron chi connectivity index (χ3n) is 5.97. The van der Waals surface area contributed by atoms with Crippen LogP contribution in [0, 0.1) is 6.92 Å². The van der Waals surface area contributed by atoms with E-state index in [0.717, 1.165) is 36.7 Å². The molecule has 0 saturated heterocycles. The minimum absolute atomic E-state index is 0.468. The van der Waals surface area contributed by atoms with Crippen molar-refractivity contribution in [2.75, 3.05) is 13.1 Å². The van der Waals surface area contributed by atoms with Crippen LogP contribution >= 0.6 is 0 Å². The van der Waals surface area contributed by atoms with Crippen molar-refractivity contribution in [3.63, 3.8) is 0 Å². The molecule has 1 aromatic heterocycles. The number of likely N-dealkylation sites (N-methyl/N-ethyl adjacent to an activating group) is 1. The smallest absolute Gasteiger partial charge is 0.171 e. The molecule has 0 aliphatic rings. The Hall–Kier alpha value is -3.17. The SMILES string of the molecule is CCN(Cc1c(C)noc1-c1ccc(-c2ccccc2)cc1)C[C@H](C)c1ccccc1. The quantitative estimate of drug-likeness (QED) is 0.315. The lowest BCUT2D eigenvalue weighted by Gasteiger charge is -2.24. The molecule has 0 aliphatic heterocycles. The minimum Gasteiger partial charge on any atom is -0.356 e. The van der Waals surface area contributed by atoms with E-state index >= 15 is 0 Å². The molecule has 3 heteroatoms. The summed E-state index contributed by atoms with van der Waals surface area (Å²) in [7, 11) is 0. The Kier molecular flexibility index (Phi) is 6.63. The Bertz CT molecular complexity index is 1090. The first-order chi connectivity index (χ1) is 15.2. The van der Waals surface area contributed by atoms with Gasteiger partial charge in [-0.05, 0) is 36.1 Å². The standard InChI is InChI=1S/C28H30N2O/c1-4-30(19-21(2)23-11-7-5-8-12-23)20-27-22(3)29-31-28(27)26-17-15-25(16-18-26)24-13-9-6-10-14-24/h5-18,21H,4,19-20H2,1-3H3/t21-/m0/s1. The van der Waals surface area contributed by atoms with E-state index in [0.29, 0.717) is 5.92 Å². The van der Waals surface area contributed by atoms with E-state index < -0.39 is 0 Å². The molecule has 0 N–H and O–H groups in total. The molecule has 31 heavy (non-hydrogen) atoms. The van der Waals surface area contributed by atoms with Crippen LogP contribution in [0.4, 0.5) is 0 Å². The third-order valence-corrected chi connectivity index (χ3v) is 5.97. The van der Waals surface area contributed by atoms with Crippen LogP contribution in [0.25, 0.3) is 22.5 Å². The number of nitrogens with zero attached hydrogens (tertiary/aromatic N) is 2. The zero-order chi connectivity index (χ0) is 21.6. The molecule has 0 radical (unpaired) electrons. The van der Waals surface area contributed by atoms with E-state index in [1.807, 2.05) is 13.0 Å². The zero-order valence-electron chi connectivity index (χ0n) is 18.6. The van der Waals surface area contributed by atoms with Gasteiger partial charge in [0.2, 0.25) is 0 Å². The first kappa shape index (κ1) is 21.1. The summed E-state index contributed by atoms with van der Waals surface area (Å²) >= 11 is 0. The molecule has 0 unspecified atom stereocenters. The summed E-state index contributed by atoms with van der Waals surface area (Å²) in [5.41, 5.74) is 7.01. The second-order valence-electron chi connectivity index (χ2n) is 8.16. The molecular weight excluding hydrogens is 380 g/mol. The number of aryl methyl sites for hydroxylation is 1. The fraction of sp³-hybridized carbons (Fsp3) is 0.250. The maximum atomic E-state index is 5.79. The van der Waals surface area contributed by atoms with Crippen LogP contribution in [0.5, 0.6) is 0 Å². The van der Waals surface area contributed by atoms with Crippen LogP contribution in [0.15, 0.2) is 89.5 Å². The van der Waals surface area contributed by atoms with Crippen molar-refractivity contribution in [2.45, 2.75) is 33.2 Å². The highest BCUT2D eigenvalue weighted by atomic mass is 16.5. The van der Waals surface area contributed by atoms with Crippen molar-refractivity contribution >= 4 is 0 Å². The number of hydrogen-bond acceptors (Lipinski definition) is 3. The van der Waals surface area contributed by atoms with Crippen LogP contribution in [-0.4, -0.2) is 23.1 Å². The van der Waals surface area contributed by atoms with Crippen molar-refractivity contribution in [2.24, 2.45) is 0 Å². The number of benzene rings is 3. The van der Waals surface area contributed by atoms with Gasteiger partial charge in [-0.25, -0.2) is 0 Å². The van der Waals surface area contributed by atoms with Crippen molar-refractivity contribution in [3.05, 3.63) is 102 Å². The van der Waals surface area contributed by atoms with Gasteiger partial charge in [0.05, 0.1) is 5.69 Å². The molecule has 0 spiro atoms. The van der Waals surface area contributed by atoms with Gasteiger partial charge in [0, 0.05) is 24.2 Å². The highest BCUT2D eigenvalue weighted by Crippen LogP contribution is 2.30. The molecule has 0 bridgehead atoms. The van der Waals surface area contributed by atoms with Crippen LogP contribution in [0.2, 0.25) is 0 Å². The van der Waals surface area contributed by atoms with Crippen LogP contribution in [0.1, 0.15) is 36.6 Å². The van der Waals surface area contributed by atoms with Gasteiger partial charge >= 0.3 is 0 Å². The molecule has 3 aromatic carbocycles. The second-order valence-corrected chi connectivity index (χ2v) is 8.16. The predicted molar refractivity (Wildman–Crippen MR) is 128 cm³/mol. The maximum Gasteiger partial charge on any atom is 0.171 e. The number of aromatic nitrogens is 1. The first-order valence-electron chi connectivity index (χ1n) is 11.0. The number of rotatable bonds is 8. The Labute approximate surface area is 185 Å². The monoisotopic (exact) mass is 410 g/mol. The fourth-order valence-corrected chi connectivity index (χ4v) is 4.05. The summed E-state index contributed by atoms with van der Waals surface area (Å²) in [4.78, 5) is 2.47. The van der Waals surface area contributed by atoms with Crippen molar-refractivity contribution in [3.8, 4) is 22.5 Å². The molecule has 1 atom stereocenters. The minimum atomic E-state index is 0.468. The lowest BCUT2D eigenvalue weighted by molar-refractivity contribution is 0.265. The Morgan fingerprint density at radius 2 is 1.39 bits per heavy atom.